The van der Waals surface area contributed by atoms with Crippen LogP contribution >= 0.6 is 0 Å². The smallest absolute Gasteiger partial charge is 0.0547 e. The second-order valence-corrected chi connectivity index (χ2v) is 19.3. The van der Waals surface area contributed by atoms with Crippen molar-refractivity contribution in [2.45, 2.75) is 0 Å². The summed E-state index contributed by atoms with van der Waals surface area (Å²) >= 11 is 0. The van der Waals surface area contributed by atoms with Gasteiger partial charge in [0.05, 0.1) is 27.8 Å². The Balaban J connectivity index is 0.959. The van der Waals surface area contributed by atoms with Crippen molar-refractivity contribution >= 4 is 43.6 Å². The lowest BCUT2D eigenvalue weighted by Gasteiger charge is -2.16. The van der Waals surface area contributed by atoms with Gasteiger partial charge in [-0.3, -0.25) is 0 Å². The number of rotatable bonds is 9. The Hall–Kier alpha value is -9.76. The van der Waals surface area contributed by atoms with Gasteiger partial charge in [-0.2, -0.15) is 0 Å². The van der Waals surface area contributed by atoms with Gasteiger partial charge in [0.25, 0.3) is 0 Å². The first kappa shape index (κ1) is 43.1. The van der Waals surface area contributed by atoms with E-state index >= 15 is 0 Å². The lowest BCUT2D eigenvalue weighted by Crippen LogP contribution is -1.98. The zero-order chi connectivity index (χ0) is 49.0. The summed E-state index contributed by atoms with van der Waals surface area (Å²) in [5.74, 6) is 0. The van der Waals surface area contributed by atoms with Gasteiger partial charge in [-0.25, -0.2) is 0 Å². The van der Waals surface area contributed by atoms with Crippen LogP contribution in [0.5, 0.6) is 0 Å². The molecule has 0 amide bonds. The molecular formula is C72H48N2. The minimum Gasteiger partial charge on any atom is -0.309 e. The predicted octanol–water partition coefficient (Wildman–Crippen LogP) is 19.5. The molecule has 0 bridgehead atoms. The van der Waals surface area contributed by atoms with Gasteiger partial charge in [-0.1, -0.05) is 224 Å². The SMILES string of the molecule is c1ccc(-c2cccc(-c3cccc(-c4cccc5c4c4cc(-c6ccc7c(c6)c6ccccc6n7-c6cc(-c7ccccc7)ccc6-c6ccccc6)ccc4n5-c4cccc(-c5ccccc5)c4)c3)c2)cc1. The summed E-state index contributed by atoms with van der Waals surface area (Å²) < 4.78 is 4.93. The van der Waals surface area contributed by atoms with Gasteiger partial charge in [-0.15, -0.1) is 0 Å². The molecule has 74 heavy (non-hydrogen) atoms. The third-order valence-corrected chi connectivity index (χ3v) is 14.9. The first-order chi connectivity index (χ1) is 36.7. The van der Waals surface area contributed by atoms with Crippen LogP contribution in [-0.2, 0) is 0 Å². The molecule has 0 saturated heterocycles. The van der Waals surface area contributed by atoms with E-state index in [9.17, 15) is 0 Å². The zero-order valence-electron chi connectivity index (χ0n) is 40.6. The fourth-order valence-corrected chi connectivity index (χ4v) is 11.4. The first-order valence-electron chi connectivity index (χ1n) is 25.5. The molecule has 0 unspecified atom stereocenters. The Morgan fingerprint density at radius 1 is 0.189 bits per heavy atom. The van der Waals surface area contributed by atoms with Gasteiger partial charge in [0.2, 0.25) is 0 Å². The van der Waals surface area contributed by atoms with E-state index in [1.807, 2.05) is 0 Å². The molecule has 0 aliphatic rings. The molecular weight excluding hydrogens is 893 g/mol. The molecule has 346 valence electrons. The molecule has 0 N–H and O–H groups in total. The highest BCUT2D eigenvalue weighted by atomic mass is 15.0. The second kappa shape index (κ2) is 18.1. The predicted molar refractivity (Wildman–Crippen MR) is 313 cm³/mol. The molecule has 0 spiro atoms. The van der Waals surface area contributed by atoms with E-state index in [0.717, 1.165) is 16.9 Å². The molecule has 2 nitrogen and oxygen atoms in total. The average Bonchev–Trinajstić information content (AvgIpc) is 4.00. The van der Waals surface area contributed by atoms with Crippen LogP contribution < -0.4 is 0 Å². The average molecular weight is 941 g/mol. The summed E-state index contributed by atoms with van der Waals surface area (Å²) in [4.78, 5) is 0. The van der Waals surface area contributed by atoms with Crippen molar-refractivity contribution in [1.82, 2.24) is 9.13 Å². The third-order valence-electron chi connectivity index (χ3n) is 14.9. The summed E-state index contributed by atoms with van der Waals surface area (Å²) in [5, 5.41) is 4.88. The highest BCUT2D eigenvalue weighted by Gasteiger charge is 2.21. The molecule has 2 aromatic heterocycles. The Bertz CT molecular complexity index is 4390. The van der Waals surface area contributed by atoms with Crippen molar-refractivity contribution in [2.75, 3.05) is 0 Å². The summed E-state index contributed by atoms with van der Waals surface area (Å²) in [6.45, 7) is 0. The molecule has 14 aromatic rings. The lowest BCUT2D eigenvalue weighted by atomic mass is 9.94. The maximum atomic E-state index is 2.47. The van der Waals surface area contributed by atoms with E-state index in [-0.39, 0.29) is 0 Å². The minimum atomic E-state index is 1.13. The summed E-state index contributed by atoms with van der Waals surface area (Å²) in [6, 6.07) is 107. The third kappa shape index (κ3) is 7.52. The molecule has 0 aliphatic heterocycles. The van der Waals surface area contributed by atoms with E-state index in [0.29, 0.717) is 0 Å². The largest absolute Gasteiger partial charge is 0.309 e. The highest BCUT2D eigenvalue weighted by Crippen LogP contribution is 2.44. The zero-order valence-corrected chi connectivity index (χ0v) is 40.6. The molecule has 0 saturated carbocycles. The van der Waals surface area contributed by atoms with Gasteiger partial charge >= 0.3 is 0 Å². The monoisotopic (exact) mass is 940 g/mol. The van der Waals surface area contributed by atoms with Crippen molar-refractivity contribution in [2.24, 2.45) is 0 Å². The number of hydrogen-bond donors (Lipinski definition) is 0. The van der Waals surface area contributed by atoms with E-state index in [4.69, 9.17) is 0 Å². The standard InChI is InChI=1S/C72H48N2/c1-5-19-49(20-6-1)53-27-15-28-54(43-53)55-29-16-31-60(44-55)63-34-18-36-70-72(63)66-47-58(39-42-69(66)73(70)61-32-17-30-56(45-61)50-21-7-2-8-22-50)57-38-41-68-65(46-57)64-33-13-14-35-67(64)74(68)71-48-59(51-23-9-3-10-24-51)37-40-62(71)52-25-11-4-12-26-52/h1-48H. The molecule has 2 heteroatoms. The Morgan fingerprint density at radius 2 is 0.608 bits per heavy atom. The number of benzene rings is 12. The van der Waals surface area contributed by atoms with Crippen molar-refractivity contribution in [3.05, 3.63) is 291 Å². The number of fused-ring (bicyclic) bond motifs is 6. The number of hydrogen-bond acceptors (Lipinski definition) is 0. The van der Waals surface area contributed by atoms with Crippen LogP contribution in [0.15, 0.2) is 291 Å². The summed E-state index contributed by atoms with van der Waals surface area (Å²) in [6.07, 6.45) is 0. The maximum Gasteiger partial charge on any atom is 0.0547 e. The first-order valence-corrected chi connectivity index (χ1v) is 25.5. The van der Waals surface area contributed by atoms with Crippen LogP contribution in [0.25, 0.3) is 133 Å². The van der Waals surface area contributed by atoms with Crippen molar-refractivity contribution < 1.29 is 0 Å². The summed E-state index contributed by atoms with van der Waals surface area (Å²) in [5.41, 5.74) is 23.6. The topological polar surface area (TPSA) is 9.86 Å². The van der Waals surface area contributed by atoms with Crippen molar-refractivity contribution in [3.63, 3.8) is 0 Å². The van der Waals surface area contributed by atoms with Gasteiger partial charge < -0.3 is 9.13 Å². The maximum absolute atomic E-state index is 2.47. The van der Waals surface area contributed by atoms with Crippen LogP contribution in [0.4, 0.5) is 0 Å². The van der Waals surface area contributed by atoms with Gasteiger partial charge in [0.1, 0.15) is 0 Å². The molecule has 0 fully saturated rings. The van der Waals surface area contributed by atoms with E-state index < -0.39 is 0 Å². The Kier molecular flexibility index (Phi) is 10.6. The molecule has 2 heterocycles. The Morgan fingerprint density at radius 3 is 1.26 bits per heavy atom. The van der Waals surface area contributed by atoms with Crippen molar-refractivity contribution in [3.8, 4) is 89.3 Å². The van der Waals surface area contributed by atoms with Crippen LogP contribution in [0.2, 0.25) is 0 Å². The van der Waals surface area contributed by atoms with Gasteiger partial charge in [-0.05, 0) is 139 Å². The van der Waals surface area contributed by atoms with Gasteiger partial charge in [0, 0.05) is 32.8 Å². The minimum absolute atomic E-state index is 1.13. The van der Waals surface area contributed by atoms with E-state index in [2.05, 4.69) is 300 Å². The normalized spacial score (nSPS) is 11.5. The molecule has 0 radical (unpaired) electrons. The van der Waals surface area contributed by atoms with Gasteiger partial charge in [0.15, 0.2) is 0 Å². The fraction of sp³-hybridized carbons (Fsp3) is 0. The molecule has 12 aromatic carbocycles. The van der Waals surface area contributed by atoms with Crippen LogP contribution in [0.3, 0.4) is 0 Å². The second-order valence-electron chi connectivity index (χ2n) is 19.3. The number of nitrogens with zero attached hydrogens (tertiary/aromatic N) is 2. The Labute approximate surface area is 431 Å². The van der Waals surface area contributed by atoms with Crippen LogP contribution in [0, 0.1) is 0 Å². The molecule has 0 atom stereocenters. The fourth-order valence-electron chi connectivity index (χ4n) is 11.4. The highest BCUT2D eigenvalue weighted by molar-refractivity contribution is 6.17. The number of aromatic nitrogens is 2. The van der Waals surface area contributed by atoms with E-state index in [1.165, 1.54) is 116 Å². The number of para-hydroxylation sites is 1. The van der Waals surface area contributed by atoms with E-state index in [1.54, 1.807) is 0 Å². The summed E-state index contributed by atoms with van der Waals surface area (Å²) in [7, 11) is 0. The quantitative estimate of drug-likeness (QED) is 0.136. The van der Waals surface area contributed by atoms with Crippen molar-refractivity contribution in [1.29, 1.82) is 0 Å². The molecule has 14 rings (SSSR count). The van der Waals surface area contributed by atoms with Crippen LogP contribution in [-0.4, -0.2) is 9.13 Å². The lowest BCUT2D eigenvalue weighted by molar-refractivity contribution is 1.18. The van der Waals surface area contributed by atoms with Crippen LogP contribution in [0.1, 0.15) is 0 Å². The molecule has 0 aliphatic carbocycles.